The summed E-state index contributed by atoms with van der Waals surface area (Å²) in [6.45, 7) is 8.39. The van der Waals surface area contributed by atoms with E-state index in [1.807, 2.05) is 13.8 Å². The van der Waals surface area contributed by atoms with Gasteiger partial charge in [-0.2, -0.15) is 5.10 Å². The maximum absolute atomic E-state index is 11.3. The van der Waals surface area contributed by atoms with Crippen molar-refractivity contribution < 1.29 is 14.6 Å². The summed E-state index contributed by atoms with van der Waals surface area (Å²) in [5, 5.41) is 20.1. The van der Waals surface area contributed by atoms with Crippen LogP contribution >= 0.6 is 0 Å². The largest absolute Gasteiger partial charge is 0.478 e. The van der Waals surface area contributed by atoms with Crippen molar-refractivity contribution in [3.8, 4) is 0 Å². The zero-order valence-electron chi connectivity index (χ0n) is 11.1. The third-order valence-electron chi connectivity index (χ3n) is 2.62. The van der Waals surface area contributed by atoms with E-state index in [-0.39, 0.29) is 17.4 Å². The molecule has 2 N–H and O–H groups in total. The summed E-state index contributed by atoms with van der Waals surface area (Å²) in [7, 11) is 0. The smallest absolute Gasteiger partial charge is 0.339 e. The molecule has 6 nitrogen and oxygen atoms in total. The van der Waals surface area contributed by atoms with Gasteiger partial charge in [-0.15, -0.1) is 5.10 Å². The van der Waals surface area contributed by atoms with Gasteiger partial charge in [0.05, 0.1) is 12.3 Å². The Hall–Kier alpha value is -1.69. The van der Waals surface area contributed by atoms with Crippen molar-refractivity contribution in [3.05, 3.63) is 16.8 Å². The molecule has 18 heavy (non-hydrogen) atoms. The normalized spacial score (nSPS) is 12.2. The van der Waals surface area contributed by atoms with E-state index in [2.05, 4.69) is 15.5 Å². The standard InChI is InChI=1S/C12H19N3O3/c1-5-18-6-7(2)13-11-10(12(16)17)8(3)9(4)14-15-11/h7H,5-6H2,1-4H3,(H,13,15)(H,16,17). The number of hydrogen-bond donors (Lipinski definition) is 2. The van der Waals surface area contributed by atoms with Crippen LogP contribution in [0.2, 0.25) is 0 Å². The SMILES string of the molecule is CCOCC(C)Nc1nnc(C)c(C)c1C(=O)O. The molecule has 1 rings (SSSR count). The number of carboxylic acid groups (broad SMARTS) is 1. The number of nitrogens with one attached hydrogen (secondary N) is 1. The second-order valence-electron chi connectivity index (χ2n) is 4.14. The van der Waals surface area contributed by atoms with Gasteiger partial charge in [0.2, 0.25) is 0 Å². The quantitative estimate of drug-likeness (QED) is 0.801. The summed E-state index contributed by atoms with van der Waals surface area (Å²) in [6.07, 6.45) is 0. The molecule has 1 aromatic heterocycles. The Kier molecular flexibility index (Phi) is 5.03. The van der Waals surface area contributed by atoms with E-state index in [0.717, 1.165) is 0 Å². The van der Waals surface area contributed by atoms with Crippen LogP contribution in [0.5, 0.6) is 0 Å². The fourth-order valence-corrected chi connectivity index (χ4v) is 1.54. The van der Waals surface area contributed by atoms with Crippen molar-refractivity contribution in [3.63, 3.8) is 0 Å². The highest BCUT2D eigenvalue weighted by Gasteiger charge is 2.18. The number of ether oxygens (including phenoxy) is 1. The zero-order chi connectivity index (χ0) is 13.7. The Bertz CT molecular complexity index is 435. The number of rotatable bonds is 6. The molecule has 0 aliphatic rings. The maximum Gasteiger partial charge on any atom is 0.339 e. The lowest BCUT2D eigenvalue weighted by Crippen LogP contribution is -2.24. The van der Waals surface area contributed by atoms with Gasteiger partial charge in [0, 0.05) is 12.6 Å². The third kappa shape index (κ3) is 3.40. The highest BCUT2D eigenvalue weighted by molar-refractivity contribution is 5.94. The lowest BCUT2D eigenvalue weighted by atomic mass is 10.1. The molecule has 0 saturated carbocycles. The van der Waals surface area contributed by atoms with Crippen LogP contribution in [0.4, 0.5) is 5.82 Å². The van der Waals surface area contributed by atoms with E-state index in [9.17, 15) is 9.90 Å². The number of aromatic nitrogens is 2. The minimum Gasteiger partial charge on any atom is -0.478 e. The second-order valence-corrected chi connectivity index (χ2v) is 4.14. The Morgan fingerprint density at radius 1 is 1.44 bits per heavy atom. The van der Waals surface area contributed by atoms with Crippen LogP contribution in [0.1, 0.15) is 35.5 Å². The van der Waals surface area contributed by atoms with Gasteiger partial charge in [-0.3, -0.25) is 0 Å². The van der Waals surface area contributed by atoms with Gasteiger partial charge in [0.1, 0.15) is 5.56 Å². The van der Waals surface area contributed by atoms with E-state index in [4.69, 9.17) is 4.74 Å². The molecule has 1 heterocycles. The number of carbonyl (C=O) groups is 1. The first-order valence-electron chi connectivity index (χ1n) is 5.88. The van der Waals surface area contributed by atoms with Gasteiger partial charge in [-0.05, 0) is 33.3 Å². The number of carboxylic acids is 1. The third-order valence-corrected chi connectivity index (χ3v) is 2.62. The van der Waals surface area contributed by atoms with Crippen LogP contribution in [-0.4, -0.2) is 40.5 Å². The van der Waals surface area contributed by atoms with Crippen LogP contribution in [0, 0.1) is 13.8 Å². The number of aryl methyl sites for hydroxylation is 1. The van der Waals surface area contributed by atoms with Gasteiger partial charge in [-0.25, -0.2) is 4.79 Å². The molecule has 1 atom stereocenters. The molecule has 0 bridgehead atoms. The molecule has 6 heteroatoms. The molecule has 1 aromatic rings. The number of hydrogen-bond acceptors (Lipinski definition) is 5. The van der Waals surface area contributed by atoms with E-state index in [1.165, 1.54) is 0 Å². The van der Waals surface area contributed by atoms with Crippen LogP contribution < -0.4 is 5.32 Å². The number of anilines is 1. The van der Waals surface area contributed by atoms with Gasteiger partial charge >= 0.3 is 5.97 Å². The summed E-state index contributed by atoms with van der Waals surface area (Å²) in [5.74, 6) is -0.714. The molecule has 1 unspecified atom stereocenters. The molecule has 0 fully saturated rings. The van der Waals surface area contributed by atoms with Crippen LogP contribution in [0.15, 0.2) is 0 Å². The Balaban J connectivity index is 2.95. The zero-order valence-corrected chi connectivity index (χ0v) is 11.1. The van der Waals surface area contributed by atoms with Gasteiger partial charge in [0.25, 0.3) is 0 Å². The maximum atomic E-state index is 11.3. The molecule has 0 spiro atoms. The molecular formula is C12H19N3O3. The number of nitrogens with zero attached hydrogens (tertiary/aromatic N) is 2. The van der Waals surface area contributed by atoms with E-state index in [1.54, 1.807) is 13.8 Å². The van der Waals surface area contributed by atoms with Crippen LogP contribution in [-0.2, 0) is 4.74 Å². The van der Waals surface area contributed by atoms with Crippen molar-refractivity contribution in [2.75, 3.05) is 18.5 Å². The van der Waals surface area contributed by atoms with Gasteiger partial charge < -0.3 is 15.2 Å². The summed E-state index contributed by atoms with van der Waals surface area (Å²) >= 11 is 0. The van der Waals surface area contributed by atoms with Crippen molar-refractivity contribution in [2.45, 2.75) is 33.7 Å². The molecule has 100 valence electrons. The average Bonchev–Trinajstić information content (AvgIpc) is 2.31. The first kappa shape index (κ1) is 14.4. The fraction of sp³-hybridized carbons (Fsp3) is 0.583. The molecule has 0 amide bonds. The van der Waals surface area contributed by atoms with Gasteiger partial charge in [0.15, 0.2) is 5.82 Å². The summed E-state index contributed by atoms with van der Waals surface area (Å²) in [5.41, 5.74) is 1.42. The van der Waals surface area contributed by atoms with E-state index < -0.39 is 5.97 Å². The molecule has 0 aliphatic carbocycles. The summed E-state index contributed by atoms with van der Waals surface area (Å²) in [4.78, 5) is 11.3. The Morgan fingerprint density at radius 2 is 2.11 bits per heavy atom. The minimum absolute atomic E-state index is 0.0283. The topological polar surface area (TPSA) is 84.3 Å². The van der Waals surface area contributed by atoms with Crippen molar-refractivity contribution >= 4 is 11.8 Å². The van der Waals surface area contributed by atoms with E-state index >= 15 is 0 Å². The second kappa shape index (κ2) is 6.30. The van der Waals surface area contributed by atoms with Crippen molar-refractivity contribution in [2.24, 2.45) is 0 Å². The molecule has 0 aromatic carbocycles. The Labute approximate surface area is 106 Å². The predicted molar refractivity (Wildman–Crippen MR) is 68.0 cm³/mol. The molecule has 0 saturated heterocycles. The number of aromatic carboxylic acids is 1. The lowest BCUT2D eigenvalue weighted by Gasteiger charge is -2.16. The highest BCUT2D eigenvalue weighted by Crippen LogP contribution is 2.19. The van der Waals surface area contributed by atoms with Crippen LogP contribution in [0.25, 0.3) is 0 Å². The highest BCUT2D eigenvalue weighted by atomic mass is 16.5. The first-order valence-corrected chi connectivity index (χ1v) is 5.88. The van der Waals surface area contributed by atoms with E-state index in [0.29, 0.717) is 24.5 Å². The summed E-state index contributed by atoms with van der Waals surface area (Å²) in [6, 6.07) is -0.0283. The molecule has 0 aliphatic heterocycles. The van der Waals surface area contributed by atoms with Crippen LogP contribution in [0.3, 0.4) is 0 Å². The monoisotopic (exact) mass is 253 g/mol. The van der Waals surface area contributed by atoms with Gasteiger partial charge in [-0.1, -0.05) is 0 Å². The predicted octanol–water partition coefficient (Wildman–Crippen LogP) is 1.63. The molecule has 0 radical (unpaired) electrons. The fourth-order valence-electron chi connectivity index (χ4n) is 1.54. The average molecular weight is 253 g/mol. The molecular weight excluding hydrogens is 234 g/mol. The Morgan fingerprint density at radius 3 is 2.67 bits per heavy atom. The van der Waals surface area contributed by atoms with Crippen molar-refractivity contribution in [1.82, 2.24) is 10.2 Å². The lowest BCUT2D eigenvalue weighted by molar-refractivity contribution is 0.0696. The summed E-state index contributed by atoms with van der Waals surface area (Å²) < 4.78 is 5.26. The first-order chi connectivity index (χ1) is 8.47. The minimum atomic E-state index is -1.00. The van der Waals surface area contributed by atoms with Crippen molar-refractivity contribution in [1.29, 1.82) is 0 Å².